The van der Waals surface area contributed by atoms with Crippen LogP contribution in [0, 0.1) is 0 Å². The van der Waals surface area contributed by atoms with Gasteiger partial charge in [-0.05, 0) is 95.7 Å². The quantitative estimate of drug-likeness (QED) is 0.0144. The highest BCUT2D eigenvalue weighted by Gasteiger charge is 2.36. The Morgan fingerprint density at radius 2 is 1.42 bits per heavy atom. The average Bonchev–Trinajstić information content (AvgIpc) is 1.54. The predicted octanol–water partition coefficient (Wildman–Crippen LogP) is -6.73. The summed E-state index contributed by atoms with van der Waals surface area (Å²) in [7, 11) is 0. The molecule has 0 radical (unpaired) electrons. The van der Waals surface area contributed by atoms with Crippen LogP contribution in [0.3, 0.4) is 0 Å². The largest absolute Gasteiger partial charge is 0.504 e. The van der Waals surface area contributed by atoms with E-state index in [0.717, 1.165) is 12.1 Å². The summed E-state index contributed by atoms with van der Waals surface area (Å²) >= 11 is 0. The lowest BCUT2D eigenvalue weighted by molar-refractivity contribution is -0.150. The van der Waals surface area contributed by atoms with Gasteiger partial charge in [-0.3, -0.25) is 72.7 Å². The second kappa shape index (κ2) is 34.1. The minimum Gasteiger partial charge on any atom is -0.504 e. The number of pyridine rings is 1. The summed E-state index contributed by atoms with van der Waals surface area (Å²) in [5.41, 5.74) is 10.3. The Kier molecular flexibility index (Phi) is 27.6. The molecule has 0 saturated carbocycles. The summed E-state index contributed by atoms with van der Waals surface area (Å²) in [6, 6.07) is -6.60. The number of rotatable bonds is 31. The summed E-state index contributed by atoms with van der Waals surface area (Å²) in [5.74, 6) is -9.66. The average molecular weight is 1190 g/mol. The third kappa shape index (κ3) is 20.7. The van der Waals surface area contributed by atoms with E-state index in [1.807, 2.05) is 0 Å². The van der Waals surface area contributed by atoms with Crippen LogP contribution in [0.5, 0.6) is 5.75 Å². The van der Waals surface area contributed by atoms with Crippen LogP contribution >= 0.6 is 0 Å². The number of benzene rings is 1. The van der Waals surface area contributed by atoms with E-state index in [2.05, 4.69) is 53.2 Å². The van der Waals surface area contributed by atoms with Gasteiger partial charge in [0.2, 0.25) is 77.3 Å². The number of nitrogens with two attached hydrogens (primary N) is 2. The number of hydrogen-bond donors (Lipinski definition) is 18. The van der Waals surface area contributed by atoms with Crippen molar-refractivity contribution in [3.05, 3.63) is 28.4 Å². The van der Waals surface area contributed by atoms with E-state index in [1.54, 1.807) is 0 Å². The molecule has 34 nitrogen and oxygen atoms in total. The van der Waals surface area contributed by atoms with E-state index >= 15 is 0 Å². The minimum atomic E-state index is -1.72. The number of amides is 12. The number of aliphatic hydroxyl groups is 3. The third-order valence-electron chi connectivity index (χ3n) is 13.5. The molecule has 3 aliphatic heterocycles. The first kappa shape index (κ1) is 67.9. The second-order valence-electron chi connectivity index (χ2n) is 19.8. The molecule has 1 fully saturated rings. The number of aliphatic hydroxyl groups excluding tert-OH is 3. The lowest BCUT2D eigenvalue weighted by Crippen LogP contribution is -2.59. The number of primary amides is 1. The smallest absolute Gasteiger partial charge is 0.246 e. The summed E-state index contributed by atoms with van der Waals surface area (Å²) in [4.78, 5) is 169. The molecule has 4 aliphatic rings. The molecule has 34 heteroatoms. The van der Waals surface area contributed by atoms with Crippen molar-refractivity contribution in [1.82, 2.24) is 57.2 Å². The molecular formula is C50H75N15O19. The normalized spacial score (nSPS) is 18.7. The number of hydroxylamine groups is 4. The van der Waals surface area contributed by atoms with Gasteiger partial charge in [-0.15, -0.1) is 0 Å². The van der Waals surface area contributed by atoms with Crippen molar-refractivity contribution in [3.63, 3.8) is 0 Å². The van der Waals surface area contributed by atoms with E-state index in [4.69, 9.17) is 11.5 Å². The van der Waals surface area contributed by atoms with E-state index in [0.29, 0.717) is 11.5 Å². The highest BCUT2D eigenvalue weighted by Crippen LogP contribution is 2.39. The summed E-state index contributed by atoms with van der Waals surface area (Å²) in [5, 5.41) is 85.7. The Hall–Kier alpha value is -8.57. The Morgan fingerprint density at radius 3 is 2.08 bits per heavy atom. The van der Waals surface area contributed by atoms with Crippen molar-refractivity contribution >= 4 is 83.4 Å². The van der Waals surface area contributed by atoms with Crippen LogP contribution in [0.15, 0.2) is 23.0 Å². The first-order valence-corrected chi connectivity index (χ1v) is 27.1. The summed E-state index contributed by atoms with van der Waals surface area (Å²) < 4.78 is 1.34. The highest BCUT2D eigenvalue weighted by atomic mass is 16.5. The molecule has 1 saturated heterocycles. The van der Waals surface area contributed by atoms with Crippen molar-refractivity contribution in [1.29, 1.82) is 0 Å². The van der Waals surface area contributed by atoms with Gasteiger partial charge >= 0.3 is 0 Å². The van der Waals surface area contributed by atoms with Crippen LogP contribution < -0.4 is 70.1 Å². The Bertz CT molecular complexity index is 2700. The van der Waals surface area contributed by atoms with E-state index in [9.17, 15) is 93.2 Å². The van der Waals surface area contributed by atoms with E-state index < -0.39 is 138 Å². The van der Waals surface area contributed by atoms with Crippen LogP contribution in [0.4, 0.5) is 11.5 Å². The number of aromatic hydroxyl groups is 1. The molecule has 0 aromatic heterocycles. The zero-order valence-electron chi connectivity index (χ0n) is 45.8. The fourth-order valence-corrected chi connectivity index (χ4v) is 8.98. The van der Waals surface area contributed by atoms with Gasteiger partial charge in [-0.25, -0.2) is 10.1 Å². The molecule has 0 spiro atoms. The number of fused-ring (bicyclic) bond motifs is 3. The zero-order valence-corrected chi connectivity index (χ0v) is 45.8. The van der Waals surface area contributed by atoms with Crippen molar-refractivity contribution in [2.75, 3.05) is 63.1 Å². The number of phenolic OH excluding ortho intramolecular Hbond substituents is 1. The van der Waals surface area contributed by atoms with E-state index in [-0.39, 0.29) is 150 Å². The zero-order chi connectivity index (χ0) is 62.0. The van der Waals surface area contributed by atoms with Gasteiger partial charge in [-0.2, -0.15) is 0 Å². The molecular weight excluding hydrogens is 1110 g/mol. The predicted molar refractivity (Wildman–Crippen MR) is 290 cm³/mol. The lowest BCUT2D eigenvalue weighted by atomic mass is 10.0. The molecule has 0 bridgehead atoms. The molecule has 464 valence electrons. The Morgan fingerprint density at radius 1 is 0.738 bits per heavy atom. The van der Waals surface area contributed by atoms with Gasteiger partial charge in [0.05, 0.1) is 31.1 Å². The number of aromatic nitrogens is 1. The fraction of sp³-hybridized carbons (Fsp3) is 0.580. The van der Waals surface area contributed by atoms with Crippen molar-refractivity contribution in [2.45, 2.75) is 132 Å². The number of carbonyl (C=O) groups is 12. The number of anilines is 2. The SMILES string of the molecule is NCCCC[C@H](NC(=O)[C@H](CO)NC(=O)C1CCNc2c(NC(=O)CCC(O)C(N)=O)cc3cc(O)c(=O)cc-3n21)C(=O)NCC(=O)N[C@@H](CCCN(O)C=O)C(=O)N[C@H]1CCCCNC(=O)[C@H](CO)NC(=O)[C@H](CCCN(O)C=O)NC1=O. The molecule has 2 unspecified atom stereocenters. The van der Waals surface area contributed by atoms with Crippen molar-refractivity contribution in [2.24, 2.45) is 11.5 Å². The maximum atomic E-state index is 14.2. The van der Waals surface area contributed by atoms with Gasteiger partial charge in [-0.1, -0.05) is 0 Å². The number of nitrogens with one attached hydrogen (secondary N) is 10. The molecule has 4 rings (SSSR count). The molecule has 20 N–H and O–H groups in total. The summed E-state index contributed by atoms with van der Waals surface area (Å²) in [6.07, 6.45) is -1.82. The third-order valence-corrected chi connectivity index (χ3v) is 13.5. The first-order chi connectivity index (χ1) is 40.0. The maximum Gasteiger partial charge on any atom is 0.246 e. The highest BCUT2D eigenvalue weighted by molar-refractivity contribution is 5.99. The lowest BCUT2D eigenvalue weighted by Gasteiger charge is -2.34. The van der Waals surface area contributed by atoms with Gasteiger partial charge in [0, 0.05) is 44.2 Å². The topological polar surface area (TPSA) is 527 Å². The molecule has 8 atom stereocenters. The second-order valence-corrected chi connectivity index (χ2v) is 19.8. The number of carbonyl (C=O) groups excluding carboxylic acids is 12. The Labute approximate surface area is 479 Å². The molecule has 12 amide bonds. The van der Waals surface area contributed by atoms with Gasteiger partial charge in [0.25, 0.3) is 0 Å². The van der Waals surface area contributed by atoms with Crippen LogP contribution in [-0.4, -0.2) is 212 Å². The summed E-state index contributed by atoms with van der Waals surface area (Å²) in [6.45, 7) is -2.92. The molecule has 0 aromatic rings. The van der Waals surface area contributed by atoms with Crippen molar-refractivity contribution < 1.29 is 88.4 Å². The monoisotopic (exact) mass is 1190 g/mol. The van der Waals surface area contributed by atoms with Crippen LogP contribution in [-0.2, 0) is 57.5 Å². The maximum absolute atomic E-state index is 14.2. The fourth-order valence-electron chi connectivity index (χ4n) is 8.98. The molecule has 84 heavy (non-hydrogen) atoms. The molecule has 0 aromatic carbocycles. The van der Waals surface area contributed by atoms with E-state index in [1.165, 1.54) is 10.6 Å². The molecule has 3 heterocycles. The van der Waals surface area contributed by atoms with Crippen LogP contribution in [0.25, 0.3) is 11.3 Å². The molecule has 1 aliphatic carbocycles. The van der Waals surface area contributed by atoms with Gasteiger partial charge in [0.1, 0.15) is 54.2 Å². The standard InChI is InChI=1S/C50H75N15O19/c51-14-3-1-7-28(58-49(81)34(24-67)62-50(82)35-13-16-53-43-32(57-40(73)12-11-37(70)42(52)75)19-27-20-38(71)39(72)21-36(27)65(35)43)44(76)55-22-41(74)56-29(9-5-17-63(83)25-68)46(78)59-30-8-2-4-15-54-45(77)33(23-66)61-48(80)31(60-47(30)79)10-6-18-64(84)26-69/h19-21,25-26,28-31,33-35,37,53,66-67,70-71,83-84H,1-18,22-24,51H2,(H2,52,75)(H,54,77)(H,55,76)(H,56,74)(H,57,73)(H,58,81)(H,59,78)(H,60,79)(H,61,80)(H,62,82)/t28-,29-,30-,31-,33-,34-,35?,37?/m0/s1. The van der Waals surface area contributed by atoms with Crippen LogP contribution in [0.2, 0.25) is 0 Å². The van der Waals surface area contributed by atoms with Crippen molar-refractivity contribution in [3.8, 4) is 17.0 Å². The number of nitrogens with zero attached hydrogens (tertiary/aromatic N) is 3. The van der Waals surface area contributed by atoms with Gasteiger partial charge < -0.3 is 89.6 Å². The van der Waals surface area contributed by atoms with Gasteiger partial charge in [0.15, 0.2) is 5.75 Å². The Balaban J connectivity index is 1.51. The van der Waals surface area contributed by atoms with Crippen LogP contribution in [0.1, 0.15) is 89.5 Å². The first-order valence-electron chi connectivity index (χ1n) is 27.1. The number of hydrogen-bond acceptors (Lipinski definition) is 21. The number of phenols is 1. The minimum absolute atomic E-state index is 0.00523. The number of unbranched alkanes of at least 4 members (excludes halogenated alkanes) is 1.